The van der Waals surface area contributed by atoms with E-state index < -0.39 is 0 Å². The van der Waals surface area contributed by atoms with Gasteiger partial charge >= 0.3 is 0 Å². The number of hydrogen-bond donors (Lipinski definition) is 2. The molecule has 1 heterocycles. The Morgan fingerprint density at radius 3 is 2.50 bits per heavy atom. The van der Waals surface area contributed by atoms with Crippen LogP contribution in [-0.2, 0) is 0 Å². The Hall–Kier alpha value is -1.52. The standard InChI is InChI=1S/C21H27ClN2O2/c22-19-13-18-14(10-11-23-21(18)25)12-20(19)26-17-8-6-16(7-9-17)24-15-4-2-1-3-5-15/h10-13,15-17,24H,1-9H2,(H,23,25). The lowest BCUT2D eigenvalue weighted by molar-refractivity contribution is 0.134. The van der Waals surface area contributed by atoms with Gasteiger partial charge in [0.15, 0.2) is 0 Å². The monoisotopic (exact) mass is 374 g/mol. The van der Waals surface area contributed by atoms with Crippen molar-refractivity contribution in [3.8, 4) is 5.75 Å². The molecule has 0 unspecified atom stereocenters. The summed E-state index contributed by atoms with van der Waals surface area (Å²) in [4.78, 5) is 14.5. The summed E-state index contributed by atoms with van der Waals surface area (Å²) in [6.45, 7) is 0. The third-order valence-corrected chi connectivity index (χ3v) is 6.17. The van der Waals surface area contributed by atoms with Gasteiger partial charge in [0.05, 0.1) is 11.1 Å². The topological polar surface area (TPSA) is 54.1 Å². The van der Waals surface area contributed by atoms with E-state index in [-0.39, 0.29) is 11.7 Å². The van der Waals surface area contributed by atoms with E-state index in [1.54, 1.807) is 12.3 Å². The van der Waals surface area contributed by atoms with Gasteiger partial charge in [0.25, 0.3) is 5.56 Å². The van der Waals surface area contributed by atoms with Crippen LogP contribution in [-0.4, -0.2) is 23.2 Å². The van der Waals surface area contributed by atoms with Crippen LogP contribution < -0.4 is 15.6 Å². The van der Waals surface area contributed by atoms with Gasteiger partial charge < -0.3 is 15.0 Å². The van der Waals surface area contributed by atoms with E-state index in [4.69, 9.17) is 16.3 Å². The molecule has 26 heavy (non-hydrogen) atoms. The molecule has 2 aliphatic carbocycles. The largest absolute Gasteiger partial charge is 0.489 e. The van der Waals surface area contributed by atoms with Crippen molar-refractivity contribution in [1.82, 2.24) is 10.3 Å². The number of benzene rings is 1. The molecular formula is C21H27ClN2O2. The third-order valence-electron chi connectivity index (χ3n) is 5.87. The number of halogens is 1. The molecule has 5 heteroatoms. The fraction of sp³-hybridized carbons (Fsp3) is 0.571. The van der Waals surface area contributed by atoms with Crippen LogP contribution >= 0.6 is 11.6 Å². The van der Waals surface area contributed by atoms with Crippen molar-refractivity contribution in [2.45, 2.75) is 76.0 Å². The lowest BCUT2D eigenvalue weighted by Crippen LogP contribution is -2.42. The van der Waals surface area contributed by atoms with Gasteiger partial charge in [-0.2, -0.15) is 0 Å². The van der Waals surface area contributed by atoms with Gasteiger partial charge in [0.1, 0.15) is 5.75 Å². The average molecular weight is 375 g/mol. The van der Waals surface area contributed by atoms with E-state index in [1.807, 2.05) is 12.1 Å². The first kappa shape index (κ1) is 17.9. The Kier molecular flexibility index (Phi) is 5.51. The maximum absolute atomic E-state index is 11.9. The van der Waals surface area contributed by atoms with Crippen LogP contribution in [0.15, 0.2) is 29.2 Å². The van der Waals surface area contributed by atoms with Crippen molar-refractivity contribution in [2.75, 3.05) is 0 Å². The van der Waals surface area contributed by atoms with Crippen molar-refractivity contribution in [3.63, 3.8) is 0 Å². The summed E-state index contributed by atoms with van der Waals surface area (Å²) in [6, 6.07) is 6.83. The predicted octanol–water partition coefficient (Wildman–Crippen LogP) is 4.79. The van der Waals surface area contributed by atoms with E-state index >= 15 is 0 Å². The molecule has 2 N–H and O–H groups in total. The number of H-pyrrole nitrogens is 1. The molecule has 1 aromatic heterocycles. The Balaban J connectivity index is 1.36. The smallest absolute Gasteiger partial charge is 0.255 e. The molecule has 0 atom stereocenters. The Bertz CT molecular complexity index is 805. The van der Waals surface area contributed by atoms with Crippen LogP contribution in [0.5, 0.6) is 5.75 Å². The summed E-state index contributed by atoms with van der Waals surface area (Å²) < 4.78 is 6.20. The van der Waals surface area contributed by atoms with Crippen LogP contribution in [0.4, 0.5) is 0 Å². The zero-order valence-corrected chi connectivity index (χ0v) is 15.9. The first-order valence-electron chi connectivity index (χ1n) is 9.93. The molecule has 0 saturated heterocycles. The summed E-state index contributed by atoms with van der Waals surface area (Å²) in [5.41, 5.74) is -0.120. The maximum atomic E-state index is 11.9. The van der Waals surface area contributed by atoms with E-state index in [1.165, 1.54) is 32.1 Å². The van der Waals surface area contributed by atoms with Crippen molar-refractivity contribution >= 4 is 22.4 Å². The minimum absolute atomic E-state index is 0.120. The number of pyridine rings is 1. The highest BCUT2D eigenvalue weighted by molar-refractivity contribution is 6.32. The fourth-order valence-electron chi connectivity index (χ4n) is 4.41. The SMILES string of the molecule is O=c1[nH]ccc2cc(OC3CCC(NC4CCCCC4)CC3)c(Cl)cc12. The van der Waals surface area contributed by atoms with Crippen LogP contribution in [0.1, 0.15) is 57.8 Å². The van der Waals surface area contributed by atoms with Crippen molar-refractivity contribution in [3.05, 3.63) is 39.8 Å². The number of ether oxygens (including phenoxy) is 1. The Morgan fingerprint density at radius 1 is 1.00 bits per heavy atom. The number of nitrogens with one attached hydrogen (secondary N) is 2. The Labute approximate surface area is 159 Å². The summed E-state index contributed by atoms with van der Waals surface area (Å²) in [5.74, 6) is 0.688. The van der Waals surface area contributed by atoms with Gasteiger partial charge in [-0.15, -0.1) is 0 Å². The number of fused-ring (bicyclic) bond motifs is 1. The third kappa shape index (κ3) is 4.07. The molecule has 140 valence electrons. The molecule has 2 fully saturated rings. The number of aromatic nitrogens is 1. The van der Waals surface area contributed by atoms with Gasteiger partial charge in [0.2, 0.25) is 0 Å². The lowest BCUT2D eigenvalue weighted by atomic mass is 9.89. The molecular weight excluding hydrogens is 348 g/mol. The molecule has 0 spiro atoms. The minimum Gasteiger partial charge on any atom is -0.489 e. The molecule has 2 aliphatic rings. The normalized spacial score (nSPS) is 24.7. The van der Waals surface area contributed by atoms with E-state index in [9.17, 15) is 4.79 Å². The highest BCUT2D eigenvalue weighted by Gasteiger charge is 2.25. The maximum Gasteiger partial charge on any atom is 0.255 e. The molecule has 1 aromatic carbocycles. The van der Waals surface area contributed by atoms with Crippen LogP contribution in [0.2, 0.25) is 5.02 Å². The van der Waals surface area contributed by atoms with Crippen LogP contribution in [0.25, 0.3) is 10.8 Å². The van der Waals surface area contributed by atoms with Crippen molar-refractivity contribution in [2.24, 2.45) is 0 Å². The zero-order valence-electron chi connectivity index (χ0n) is 15.1. The van der Waals surface area contributed by atoms with Crippen molar-refractivity contribution < 1.29 is 4.74 Å². The minimum atomic E-state index is -0.120. The Morgan fingerprint density at radius 2 is 1.73 bits per heavy atom. The second kappa shape index (κ2) is 8.01. The van der Waals surface area contributed by atoms with E-state index in [2.05, 4.69) is 10.3 Å². The zero-order chi connectivity index (χ0) is 17.9. The molecule has 0 radical (unpaired) electrons. The summed E-state index contributed by atoms with van der Waals surface area (Å²) in [6.07, 6.45) is 13.1. The highest BCUT2D eigenvalue weighted by atomic mass is 35.5. The van der Waals surface area contributed by atoms with Gasteiger partial charge in [-0.3, -0.25) is 4.79 Å². The van der Waals surface area contributed by atoms with Gasteiger partial charge in [-0.1, -0.05) is 30.9 Å². The van der Waals surface area contributed by atoms with Crippen LogP contribution in [0.3, 0.4) is 0 Å². The molecule has 4 nitrogen and oxygen atoms in total. The summed E-state index contributed by atoms with van der Waals surface area (Å²) >= 11 is 6.36. The first-order valence-corrected chi connectivity index (χ1v) is 10.3. The van der Waals surface area contributed by atoms with Gasteiger partial charge in [-0.05, 0) is 62.1 Å². The molecule has 2 aromatic rings. The highest BCUT2D eigenvalue weighted by Crippen LogP contribution is 2.32. The molecule has 0 amide bonds. The molecule has 0 aliphatic heterocycles. The molecule has 4 rings (SSSR count). The first-order chi connectivity index (χ1) is 12.7. The predicted molar refractivity (Wildman–Crippen MR) is 106 cm³/mol. The van der Waals surface area contributed by atoms with E-state index in [0.717, 1.165) is 37.1 Å². The number of rotatable bonds is 4. The van der Waals surface area contributed by atoms with Gasteiger partial charge in [0, 0.05) is 23.7 Å². The molecule has 0 bridgehead atoms. The second-order valence-corrected chi connectivity index (χ2v) is 8.18. The molecule has 2 saturated carbocycles. The van der Waals surface area contributed by atoms with E-state index in [0.29, 0.717) is 22.2 Å². The summed E-state index contributed by atoms with van der Waals surface area (Å²) in [5, 5.41) is 5.84. The number of hydrogen-bond acceptors (Lipinski definition) is 3. The second-order valence-electron chi connectivity index (χ2n) is 7.77. The van der Waals surface area contributed by atoms with Gasteiger partial charge in [-0.25, -0.2) is 0 Å². The number of aromatic amines is 1. The van der Waals surface area contributed by atoms with Crippen LogP contribution in [0, 0.1) is 0 Å². The average Bonchev–Trinajstić information content (AvgIpc) is 2.66. The quantitative estimate of drug-likeness (QED) is 0.808. The fourth-order valence-corrected chi connectivity index (χ4v) is 4.62. The van der Waals surface area contributed by atoms with Crippen molar-refractivity contribution in [1.29, 1.82) is 0 Å². The summed E-state index contributed by atoms with van der Waals surface area (Å²) in [7, 11) is 0. The lowest BCUT2D eigenvalue weighted by Gasteiger charge is -2.33.